The SMILES string of the molecule is CCCCCc1nc2cn(O)c3ccccc3c-2n1. The van der Waals surface area contributed by atoms with E-state index in [4.69, 9.17) is 0 Å². The van der Waals surface area contributed by atoms with Crippen LogP contribution >= 0.6 is 0 Å². The number of pyridine rings is 1. The van der Waals surface area contributed by atoms with Crippen LogP contribution in [0.1, 0.15) is 32.0 Å². The minimum absolute atomic E-state index is 0.757. The summed E-state index contributed by atoms with van der Waals surface area (Å²) in [4.78, 5) is 9.12. The lowest BCUT2D eigenvalue weighted by Crippen LogP contribution is -1.97. The Labute approximate surface area is 112 Å². The lowest BCUT2D eigenvalue weighted by molar-refractivity contribution is 0.198. The lowest BCUT2D eigenvalue weighted by Gasteiger charge is -2.06. The number of nitrogens with zero attached hydrogens (tertiary/aromatic N) is 3. The van der Waals surface area contributed by atoms with E-state index < -0.39 is 0 Å². The maximum atomic E-state index is 9.94. The Morgan fingerprint density at radius 3 is 2.84 bits per heavy atom. The van der Waals surface area contributed by atoms with Gasteiger partial charge in [0, 0.05) is 11.8 Å². The first-order valence-corrected chi connectivity index (χ1v) is 6.75. The molecular weight excluding hydrogens is 238 g/mol. The average Bonchev–Trinajstić information content (AvgIpc) is 2.82. The van der Waals surface area contributed by atoms with Gasteiger partial charge in [0.05, 0.1) is 11.7 Å². The Morgan fingerprint density at radius 2 is 2.00 bits per heavy atom. The molecule has 4 heteroatoms. The van der Waals surface area contributed by atoms with E-state index in [0.717, 1.165) is 45.7 Å². The second kappa shape index (κ2) is 4.88. The number of benzene rings is 1. The van der Waals surface area contributed by atoms with Crippen molar-refractivity contribution in [2.75, 3.05) is 0 Å². The summed E-state index contributed by atoms with van der Waals surface area (Å²) < 4.78 is 1.13. The number of aryl methyl sites for hydroxylation is 1. The van der Waals surface area contributed by atoms with E-state index in [1.165, 1.54) is 12.8 Å². The molecule has 4 nitrogen and oxygen atoms in total. The van der Waals surface area contributed by atoms with Crippen LogP contribution in [0.15, 0.2) is 30.5 Å². The second-order valence-corrected chi connectivity index (χ2v) is 4.82. The van der Waals surface area contributed by atoms with Gasteiger partial charge in [0.2, 0.25) is 0 Å². The van der Waals surface area contributed by atoms with Gasteiger partial charge < -0.3 is 5.21 Å². The summed E-state index contributed by atoms with van der Waals surface area (Å²) in [6.45, 7) is 2.19. The van der Waals surface area contributed by atoms with Crippen LogP contribution in [0.5, 0.6) is 0 Å². The van der Waals surface area contributed by atoms with Gasteiger partial charge in [0.25, 0.3) is 0 Å². The molecule has 0 aliphatic carbocycles. The van der Waals surface area contributed by atoms with E-state index in [-0.39, 0.29) is 0 Å². The zero-order valence-corrected chi connectivity index (χ0v) is 11.0. The Bertz CT molecular complexity index is 674. The third kappa shape index (κ3) is 2.14. The molecule has 0 saturated heterocycles. The van der Waals surface area contributed by atoms with E-state index >= 15 is 0 Å². The van der Waals surface area contributed by atoms with E-state index in [9.17, 15) is 5.21 Å². The van der Waals surface area contributed by atoms with Gasteiger partial charge in [-0.05, 0) is 12.5 Å². The Kier molecular flexibility index (Phi) is 3.07. The topological polar surface area (TPSA) is 50.9 Å². The fourth-order valence-corrected chi connectivity index (χ4v) is 2.40. The highest BCUT2D eigenvalue weighted by Crippen LogP contribution is 2.28. The number of fused-ring (bicyclic) bond motifs is 3. The first-order valence-electron chi connectivity index (χ1n) is 6.75. The maximum Gasteiger partial charge on any atom is 0.129 e. The molecule has 98 valence electrons. The van der Waals surface area contributed by atoms with Crippen molar-refractivity contribution in [2.24, 2.45) is 0 Å². The van der Waals surface area contributed by atoms with Crippen molar-refractivity contribution < 1.29 is 5.21 Å². The largest absolute Gasteiger partial charge is 0.428 e. The predicted octanol–water partition coefficient (Wildman–Crippen LogP) is 3.51. The Hall–Kier alpha value is -2.10. The van der Waals surface area contributed by atoms with E-state index in [2.05, 4.69) is 16.9 Å². The second-order valence-electron chi connectivity index (χ2n) is 4.82. The zero-order valence-electron chi connectivity index (χ0n) is 11.0. The van der Waals surface area contributed by atoms with Gasteiger partial charge in [-0.3, -0.25) is 0 Å². The number of para-hydroxylation sites is 1. The van der Waals surface area contributed by atoms with Gasteiger partial charge in [-0.1, -0.05) is 38.0 Å². The average molecular weight is 255 g/mol. The van der Waals surface area contributed by atoms with Crippen molar-refractivity contribution in [1.29, 1.82) is 0 Å². The molecule has 2 aliphatic rings. The van der Waals surface area contributed by atoms with Gasteiger partial charge in [-0.15, -0.1) is 0 Å². The van der Waals surface area contributed by atoms with Crippen LogP contribution in [0, 0.1) is 0 Å². The molecule has 19 heavy (non-hydrogen) atoms. The van der Waals surface area contributed by atoms with Crippen molar-refractivity contribution in [1.82, 2.24) is 14.7 Å². The van der Waals surface area contributed by atoms with Crippen molar-refractivity contribution in [3.05, 3.63) is 36.3 Å². The van der Waals surface area contributed by atoms with E-state index in [0.29, 0.717) is 0 Å². The molecule has 0 atom stereocenters. The summed E-state index contributed by atoms with van der Waals surface area (Å²) in [5, 5.41) is 10.9. The van der Waals surface area contributed by atoms with Crippen molar-refractivity contribution >= 4 is 10.9 Å². The number of hydrogen-bond acceptors (Lipinski definition) is 3. The number of rotatable bonds is 4. The zero-order chi connectivity index (χ0) is 13.2. The van der Waals surface area contributed by atoms with Crippen LogP contribution in [-0.2, 0) is 6.42 Å². The van der Waals surface area contributed by atoms with Crippen molar-refractivity contribution in [3.8, 4) is 11.4 Å². The van der Waals surface area contributed by atoms with Gasteiger partial charge in [-0.25, -0.2) is 9.97 Å². The third-order valence-corrected chi connectivity index (χ3v) is 3.39. The molecular formula is C15H17N3O. The standard InChI is InChI=1S/C15H17N3O/c1-2-3-4-9-14-16-12-10-18(19)13-8-6-5-7-11(13)15(12)17-14/h5-8,10,19H,2-4,9H2,1H3. The molecule has 0 fully saturated rings. The molecule has 3 rings (SSSR count). The predicted molar refractivity (Wildman–Crippen MR) is 74.6 cm³/mol. The quantitative estimate of drug-likeness (QED) is 0.573. The molecule has 2 heterocycles. The highest BCUT2D eigenvalue weighted by molar-refractivity contribution is 5.92. The summed E-state index contributed by atoms with van der Waals surface area (Å²) in [7, 11) is 0. The third-order valence-electron chi connectivity index (χ3n) is 3.39. The summed E-state index contributed by atoms with van der Waals surface area (Å²) >= 11 is 0. The fraction of sp³-hybridized carbons (Fsp3) is 0.333. The first kappa shape index (κ1) is 12.0. The number of unbranched alkanes of at least 4 members (excludes halogenated alkanes) is 2. The number of aromatic nitrogens is 3. The van der Waals surface area contributed by atoms with E-state index in [1.54, 1.807) is 6.20 Å². The van der Waals surface area contributed by atoms with Crippen LogP contribution in [-0.4, -0.2) is 19.9 Å². The first-order chi connectivity index (χ1) is 9.29. The maximum absolute atomic E-state index is 9.94. The highest BCUT2D eigenvalue weighted by Gasteiger charge is 2.16. The van der Waals surface area contributed by atoms with Crippen LogP contribution < -0.4 is 0 Å². The Balaban J connectivity index is 2.07. The molecule has 0 bridgehead atoms. The minimum Gasteiger partial charge on any atom is -0.428 e. The molecule has 1 N–H and O–H groups in total. The monoisotopic (exact) mass is 255 g/mol. The summed E-state index contributed by atoms with van der Waals surface area (Å²) in [5.41, 5.74) is 2.40. The van der Waals surface area contributed by atoms with Gasteiger partial charge in [0.15, 0.2) is 0 Å². The summed E-state index contributed by atoms with van der Waals surface area (Å²) in [6.07, 6.45) is 6.05. The molecule has 1 aromatic carbocycles. The van der Waals surface area contributed by atoms with Gasteiger partial charge >= 0.3 is 0 Å². The van der Waals surface area contributed by atoms with Crippen molar-refractivity contribution in [2.45, 2.75) is 32.6 Å². The Morgan fingerprint density at radius 1 is 1.16 bits per heavy atom. The molecule has 0 amide bonds. The van der Waals surface area contributed by atoms with Crippen molar-refractivity contribution in [3.63, 3.8) is 0 Å². The summed E-state index contributed by atoms with van der Waals surface area (Å²) in [5.74, 6) is 0.875. The highest BCUT2D eigenvalue weighted by atomic mass is 16.5. The molecule has 2 aliphatic heterocycles. The van der Waals surface area contributed by atoms with Crippen LogP contribution in [0.25, 0.3) is 22.3 Å². The van der Waals surface area contributed by atoms with Crippen LogP contribution in [0.3, 0.4) is 0 Å². The normalized spacial score (nSPS) is 11.4. The molecule has 0 unspecified atom stereocenters. The van der Waals surface area contributed by atoms with Gasteiger partial charge in [-0.2, -0.15) is 4.73 Å². The minimum atomic E-state index is 0.757. The van der Waals surface area contributed by atoms with Crippen LogP contribution in [0.2, 0.25) is 0 Å². The van der Waals surface area contributed by atoms with Crippen LogP contribution in [0.4, 0.5) is 0 Å². The molecule has 0 saturated carbocycles. The number of imidazole rings is 1. The van der Waals surface area contributed by atoms with Gasteiger partial charge in [0.1, 0.15) is 17.2 Å². The fourth-order valence-electron chi connectivity index (χ4n) is 2.40. The summed E-state index contributed by atoms with van der Waals surface area (Å²) in [6, 6.07) is 7.70. The van der Waals surface area contributed by atoms with E-state index in [1.807, 2.05) is 24.3 Å². The molecule has 1 aromatic rings. The number of hydrogen-bond donors (Lipinski definition) is 1. The molecule has 0 aromatic heterocycles. The molecule has 0 radical (unpaired) electrons. The lowest BCUT2D eigenvalue weighted by atomic mass is 10.1. The molecule has 0 spiro atoms. The smallest absolute Gasteiger partial charge is 0.129 e.